The third-order valence-electron chi connectivity index (χ3n) is 5.30. The van der Waals surface area contributed by atoms with Gasteiger partial charge in [0.2, 0.25) is 5.91 Å². The Morgan fingerprint density at radius 1 is 0.967 bits per heavy atom. The highest BCUT2D eigenvalue weighted by Gasteiger charge is 2.27. The fourth-order valence-corrected chi connectivity index (χ4v) is 4.08. The van der Waals surface area contributed by atoms with E-state index in [1.165, 1.54) is 12.1 Å². The Hall–Kier alpha value is -3.07. The summed E-state index contributed by atoms with van der Waals surface area (Å²) in [4.78, 5) is 51.2. The van der Waals surface area contributed by atoms with Crippen molar-refractivity contribution < 1.29 is 19.3 Å². The first-order valence-electron chi connectivity index (χ1n) is 9.68. The molecule has 0 aliphatic carbocycles. The molecule has 2 amide bonds. The van der Waals surface area contributed by atoms with Crippen molar-refractivity contribution in [3.8, 4) is 0 Å². The summed E-state index contributed by atoms with van der Waals surface area (Å²) in [5, 5.41) is 10.7. The number of Topliss-reactive ketones (excluding diaryl/α,β-unsaturated/α-hetero) is 1. The van der Waals surface area contributed by atoms with Crippen LogP contribution in [0.4, 0.5) is 5.00 Å². The van der Waals surface area contributed by atoms with Gasteiger partial charge in [0.1, 0.15) is 0 Å². The normalized spacial score (nSPS) is 13.9. The third-order valence-corrected chi connectivity index (χ3v) is 6.32. The molecule has 0 spiro atoms. The molecule has 1 fully saturated rings. The summed E-state index contributed by atoms with van der Waals surface area (Å²) < 4.78 is 0. The fourth-order valence-electron chi connectivity index (χ4n) is 3.29. The van der Waals surface area contributed by atoms with Crippen LogP contribution >= 0.6 is 11.3 Å². The maximum Gasteiger partial charge on any atom is 0.324 e. The van der Waals surface area contributed by atoms with Gasteiger partial charge in [0.15, 0.2) is 5.78 Å². The zero-order valence-electron chi connectivity index (χ0n) is 16.9. The van der Waals surface area contributed by atoms with Crippen LogP contribution < -0.4 is 0 Å². The number of rotatable bonds is 6. The van der Waals surface area contributed by atoms with E-state index in [0.717, 1.165) is 22.5 Å². The Labute approximate surface area is 178 Å². The van der Waals surface area contributed by atoms with Gasteiger partial charge in [-0.3, -0.25) is 24.5 Å². The molecule has 30 heavy (non-hydrogen) atoms. The number of nitro groups is 1. The highest BCUT2D eigenvalue weighted by Crippen LogP contribution is 2.25. The van der Waals surface area contributed by atoms with Crippen molar-refractivity contribution in [2.24, 2.45) is 0 Å². The predicted molar refractivity (Wildman–Crippen MR) is 113 cm³/mol. The minimum Gasteiger partial charge on any atom is -0.339 e. The number of hydrogen-bond acceptors (Lipinski definition) is 6. The molecule has 3 rings (SSSR count). The molecule has 1 aliphatic rings. The van der Waals surface area contributed by atoms with Crippen molar-refractivity contribution in [3.63, 3.8) is 0 Å². The van der Waals surface area contributed by atoms with Gasteiger partial charge in [0.25, 0.3) is 5.91 Å². The number of carbonyl (C=O) groups excluding carboxylic acids is 3. The van der Waals surface area contributed by atoms with Crippen molar-refractivity contribution in [2.75, 3.05) is 26.2 Å². The molecule has 0 radical (unpaired) electrons. The number of aryl methyl sites for hydroxylation is 2. The first-order valence-corrected chi connectivity index (χ1v) is 10.5. The molecule has 1 aromatic heterocycles. The highest BCUT2D eigenvalue weighted by atomic mass is 32.1. The average Bonchev–Trinajstić information content (AvgIpc) is 3.24. The molecule has 1 aromatic carbocycles. The second kappa shape index (κ2) is 9.17. The number of piperazine rings is 1. The van der Waals surface area contributed by atoms with Crippen molar-refractivity contribution in [1.29, 1.82) is 0 Å². The molecule has 9 heteroatoms. The number of hydrogen-bond donors (Lipinski definition) is 0. The Balaban J connectivity index is 1.48. The van der Waals surface area contributed by atoms with Crippen LogP contribution in [0.3, 0.4) is 0 Å². The number of benzene rings is 1. The van der Waals surface area contributed by atoms with Crippen LogP contribution in [0.5, 0.6) is 0 Å². The van der Waals surface area contributed by atoms with Gasteiger partial charge >= 0.3 is 5.00 Å². The van der Waals surface area contributed by atoms with E-state index in [0.29, 0.717) is 36.6 Å². The van der Waals surface area contributed by atoms with E-state index in [2.05, 4.69) is 0 Å². The maximum atomic E-state index is 12.5. The highest BCUT2D eigenvalue weighted by molar-refractivity contribution is 7.17. The van der Waals surface area contributed by atoms with Crippen LogP contribution in [0, 0.1) is 24.0 Å². The van der Waals surface area contributed by atoms with Gasteiger partial charge in [-0.05, 0) is 37.1 Å². The van der Waals surface area contributed by atoms with Crippen LogP contribution in [-0.4, -0.2) is 58.5 Å². The number of ketones is 1. The van der Waals surface area contributed by atoms with Gasteiger partial charge < -0.3 is 9.80 Å². The van der Waals surface area contributed by atoms with Gasteiger partial charge in [0.05, 0.1) is 9.80 Å². The van der Waals surface area contributed by atoms with E-state index in [1.54, 1.807) is 15.9 Å². The third kappa shape index (κ3) is 4.91. The van der Waals surface area contributed by atoms with E-state index in [1.807, 2.05) is 26.0 Å². The van der Waals surface area contributed by atoms with Crippen LogP contribution in [0.15, 0.2) is 30.3 Å². The molecule has 0 saturated carbocycles. The number of carbonyl (C=O) groups is 3. The van der Waals surface area contributed by atoms with Crippen LogP contribution in [0.25, 0.3) is 0 Å². The fraction of sp³-hybridized carbons (Fsp3) is 0.381. The van der Waals surface area contributed by atoms with Gasteiger partial charge in [-0.1, -0.05) is 23.5 Å². The molecule has 2 aromatic rings. The summed E-state index contributed by atoms with van der Waals surface area (Å²) in [5.74, 6) is -0.421. The maximum absolute atomic E-state index is 12.5. The summed E-state index contributed by atoms with van der Waals surface area (Å²) >= 11 is 0.853. The van der Waals surface area contributed by atoms with E-state index >= 15 is 0 Å². The van der Waals surface area contributed by atoms with Gasteiger partial charge in [-0.15, -0.1) is 0 Å². The van der Waals surface area contributed by atoms with Gasteiger partial charge in [-0.25, -0.2) is 0 Å². The molecule has 0 unspecified atom stereocenters. The molecule has 2 heterocycles. The second-order valence-corrected chi connectivity index (χ2v) is 8.35. The summed E-state index contributed by atoms with van der Waals surface area (Å²) in [6, 6.07) is 8.32. The zero-order chi connectivity index (χ0) is 21.8. The molecule has 0 bridgehead atoms. The van der Waals surface area contributed by atoms with Gasteiger partial charge in [-0.2, -0.15) is 0 Å². The Kier molecular flexibility index (Phi) is 6.61. The molecule has 0 atom stereocenters. The lowest BCUT2D eigenvalue weighted by atomic mass is 10.0. The molecular formula is C21H23N3O5S. The molecule has 1 saturated heterocycles. The minimum atomic E-state index is -0.517. The monoisotopic (exact) mass is 429 g/mol. The first-order chi connectivity index (χ1) is 14.3. The second-order valence-electron chi connectivity index (χ2n) is 7.29. The molecule has 0 N–H and O–H groups in total. The van der Waals surface area contributed by atoms with E-state index in [9.17, 15) is 24.5 Å². The summed E-state index contributed by atoms with van der Waals surface area (Å²) in [6.45, 7) is 5.43. The summed E-state index contributed by atoms with van der Waals surface area (Å²) in [6.07, 6.45) is 0.288. The lowest BCUT2D eigenvalue weighted by Crippen LogP contribution is -2.50. The minimum absolute atomic E-state index is 0.0560. The smallest absolute Gasteiger partial charge is 0.324 e. The van der Waals surface area contributed by atoms with Crippen molar-refractivity contribution in [3.05, 3.63) is 62.0 Å². The van der Waals surface area contributed by atoms with Crippen molar-refractivity contribution in [1.82, 2.24) is 9.80 Å². The molecule has 8 nitrogen and oxygen atoms in total. The van der Waals surface area contributed by atoms with Crippen LogP contribution in [0.1, 0.15) is 44.0 Å². The average molecular weight is 429 g/mol. The first kappa shape index (κ1) is 21.6. The Morgan fingerprint density at radius 3 is 2.23 bits per heavy atom. The molecular weight excluding hydrogens is 406 g/mol. The zero-order valence-corrected chi connectivity index (χ0v) is 17.7. The Bertz CT molecular complexity index is 992. The van der Waals surface area contributed by atoms with Crippen LogP contribution in [-0.2, 0) is 4.79 Å². The number of amides is 2. The standard InChI is InChI=1S/C21H23N3O5S/c1-14-3-4-16(13-15(14)2)17(25)5-7-19(26)22-9-11-23(12-10-22)21(27)18-6-8-20(30-18)24(28)29/h3-4,6,8,13H,5,7,9-12H2,1-2H3. The van der Waals surface area contributed by atoms with Crippen molar-refractivity contribution >= 4 is 33.9 Å². The lowest BCUT2D eigenvalue weighted by Gasteiger charge is -2.34. The lowest BCUT2D eigenvalue weighted by molar-refractivity contribution is -0.380. The molecule has 1 aliphatic heterocycles. The summed E-state index contributed by atoms with van der Waals surface area (Å²) in [5.41, 5.74) is 2.78. The Morgan fingerprint density at radius 2 is 1.63 bits per heavy atom. The quantitative estimate of drug-likeness (QED) is 0.399. The van der Waals surface area contributed by atoms with E-state index in [4.69, 9.17) is 0 Å². The van der Waals surface area contributed by atoms with E-state index < -0.39 is 4.92 Å². The van der Waals surface area contributed by atoms with Gasteiger partial charge in [0, 0.05) is 50.7 Å². The number of nitrogens with zero attached hydrogens (tertiary/aromatic N) is 3. The number of thiophene rings is 1. The molecule has 158 valence electrons. The predicted octanol–water partition coefficient (Wildman–Crippen LogP) is 3.22. The largest absolute Gasteiger partial charge is 0.339 e. The van der Waals surface area contributed by atoms with E-state index in [-0.39, 0.29) is 35.4 Å². The van der Waals surface area contributed by atoms with Crippen molar-refractivity contribution in [2.45, 2.75) is 26.7 Å². The summed E-state index contributed by atoms with van der Waals surface area (Å²) in [7, 11) is 0. The topological polar surface area (TPSA) is 101 Å². The SMILES string of the molecule is Cc1ccc(C(=O)CCC(=O)N2CCN(C(=O)c3ccc([N+](=O)[O-])s3)CC2)cc1C. The van der Waals surface area contributed by atoms with Crippen LogP contribution in [0.2, 0.25) is 0 Å².